The van der Waals surface area contributed by atoms with Crippen molar-refractivity contribution in [2.75, 3.05) is 7.11 Å². The topological polar surface area (TPSA) is 9.23 Å². The highest BCUT2D eigenvalue weighted by atomic mass is 79.9. The standard InChI is InChI=1S/C7H9BrO/c1-6(8)4-5-7(2)9-3/h4-5H,1-2H2,3H3/b5-4-. The predicted molar refractivity (Wildman–Crippen MR) is 43.4 cm³/mol. The first-order chi connectivity index (χ1) is 4.16. The summed E-state index contributed by atoms with van der Waals surface area (Å²) in [4.78, 5) is 0. The highest BCUT2D eigenvalue weighted by Crippen LogP contribution is 2.04. The van der Waals surface area contributed by atoms with Gasteiger partial charge in [0.2, 0.25) is 0 Å². The van der Waals surface area contributed by atoms with Crippen LogP contribution >= 0.6 is 15.9 Å². The van der Waals surface area contributed by atoms with Gasteiger partial charge in [-0.1, -0.05) is 29.1 Å². The Morgan fingerprint density at radius 1 is 1.44 bits per heavy atom. The van der Waals surface area contributed by atoms with E-state index in [2.05, 4.69) is 29.1 Å². The lowest BCUT2D eigenvalue weighted by molar-refractivity contribution is 0.309. The first-order valence-electron chi connectivity index (χ1n) is 2.42. The average Bonchev–Trinajstić information content (AvgIpc) is 1.83. The fourth-order valence-corrected chi connectivity index (χ4v) is 0.384. The normalized spacial score (nSPS) is 9.56. The molecule has 0 bridgehead atoms. The molecule has 0 saturated carbocycles. The van der Waals surface area contributed by atoms with Crippen LogP contribution in [0.4, 0.5) is 0 Å². The zero-order valence-corrected chi connectivity index (χ0v) is 6.94. The van der Waals surface area contributed by atoms with Crippen LogP contribution in [0.1, 0.15) is 0 Å². The van der Waals surface area contributed by atoms with Gasteiger partial charge in [-0.25, -0.2) is 0 Å². The third-order valence-corrected chi connectivity index (χ3v) is 0.977. The molecule has 0 spiro atoms. The van der Waals surface area contributed by atoms with E-state index in [4.69, 9.17) is 4.74 Å². The Kier molecular flexibility index (Phi) is 4.14. The zero-order chi connectivity index (χ0) is 7.28. The van der Waals surface area contributed by atoms with Crippen molar-refractivity contribution in [1.29, 1.82) is 0 Å². The molecule has 0 aliphatic heterocycles. The second-order valence-electron chi connectivity index (χ2n) is 1.45. The van der Waals surface area contributed by atoms with E-state index in [0.29, 0.717) is 5.76 Å². The molecule has 0 unspecified atom stereocenters. The van der Waals surface area contributed by atoms with Crippen LogP contribution in [-0.4, -0.2) is 7.11 Å². The van der Waals surface area contributed by atoms with Gasteiger partial charge in [-0.15, -0.1) is 0 Å². The molecule has 0 atom stereocenters. The van der Waals surface area contributed by atoms with Crippen molar-refractivity contribution >= 4 is 15.9 Å². The van der Waals surface area contributed by atoms with E-state index in [0.717, 1.165) is 4.48 Å². The van der Waals surface area contributed by atoms with E-state index in [1.54, 1.807) is 19.3 Å². The Labute approximate surface area is 63.8 Å². The molecule has 0 N–H and O–H groups in total. The second kappa shape index (κ2) is 4.39. The molecular formula is C7H9BrO. The van der Waals surface area contributed by atoms with Crippen LogP contribution in [0.5, 0.6) is 0 Å². The summed E-state index contributed by atoms with van der Waals surface area (Å²) in [6.45, 7) is 7.17. The van der Waals surface area contributed by atoms with Crippen molar-refractivity contribution in [3.63, 3.8) is 0 Å². The predicted octanol–water partition coefficient (Wildman–Crippen LogP) is 2.61. The summed E-state index contributed by atoms with van der Waals surface area (Å²) < 4.78 is 5.56. The van der Waals surface area contributed by atoms with E-state index in [1.807, 2.05) is 0 Å². The zero-order valence-electron chi connectivity index (χ0n) is 5.36. The molecule has 0 aromatic rings. The fraction of sp³-hybridized carbons (Fsp3) is 0.143. The second-order valence-corrected chi connectivity index (χ2v) is 2.47. The number of hydrogen-bond acceptors (Lipinski definition) is 1. The van der Waals surface area contributed by atoms with Gasteiger partial charge in [0.1, 0.15) is 5.76 Å². The van der Waals surface area contributed by atoms with Gasteiger partial charge in [-0.3, -0.25) is 0 Å². The molecule has 0 aromatic heterocycles. The lowest BCUT2D eigenvalue weighted by Gasteiger charge is -1.93. The maximum Gasteiger partial charge on any atom is 0.111 e. The highest BCUT2D eigenvalue weighted by molar-refractivity contribution is 9.11. The molecule has 0 aromatic carbocycles. The first kappa shape index (κ1) is 8.50. The molecule has 0 aliphatic rings. The van der Waals surface area contributed by atoms with E-state index in [-0.39, 0.29) is 0 Å². The smallest absolute Gasteiger partial charge is 0.111 e. The Morgan fingerprint density at radius 2 is 2.00 bits per heavy atom. The van der Waals surface area contributed by atoms with Crippen LogP contribution in [0.2, 0.25) is 0 Å². The van der Waals surface area contributed by atoms with Crippen LogP contribution in [0.15, 0.2) is 35.6 Å². The Morgan fingerprint density at radius 3 is 2.33 bits per heavy atom. The van der Waals surface area contributed by atoms with Gasteiger partial charge in [0.05, 0.1) is 7.11 Å². The molecule has 0 saturated heterocycles. The molecule has 0 fully saturated rings. The third kappa shape index (κ3) is 5.37. The van der Waals surface area contributed by atoms with Crippen LogP contribution in [0.25, 0.3) is 0 Å². The third-order valence-electron chi connectivity index (χ3n) is 0.712. The minimum absolute atomic E-state index is 0.621. The highest BCUT2D eigenvalue weighted by Gasteiger charge is 1.80. The van der Waals surface area contributed by atoms with E-state index >= 15 is 0 Å². The van der Waals surface area contributed by atoms with Crippen molar-refractivity contribution in [3.05, 3.63) is 35.6 Å². The van der Waals surface area contributed by atoms with Crippen LogP contribution in [0, 0.1) is 0 Å². The quantitative estimate of drug-likeness (QED) is 0.489. The Hall–Kier alpha value is -0.500. The van der Waals surface area contributed by atoms with Crippen molar-refractivity contribution in [2.45, 2.75) is 0 Å². The van der Waals surface area contributed by atoms with Crippen molar-refractivity contribution in [3.8, 4) is 0 Å². The number of ether oxygens (including phenoxy) is 1. The average molecular weight is 189 g/mol. The first-order valence-corrected chi connectivity index (χ1v) is 3.21. The molecule has 0 rings (SSSR count). The molecule has 0 radical (unpaired) electrons. The van der Waals surface area contributed by atoms with Gasteiger partial charge in [0.15, 0.2) is 0 Å². The fourth-order valence-electron chi connectivity index (χ4n) is 0.251. The number of halogens is 1. The van der Waals surface area contributed by atoms with Gasteiger partial charge in [-0.2, -0.15) is 0 Å². The number of hydrogen-bond donors (Lipinski definition) is 0. The molecule has 9 heavy (non-hydrogen) atoms. The van der Waals surface area contributed by atoms with Gasteiger partial charge in [0, 0.05) is 4.48 Å². The molecule has 2 heteroatoms. The van der Waals surface area contributed by atoms with Gasteiger partial charge in [0.25, 0.3) is 0 Å². The SMILES string of the molecule is C=C(Br)/C=C\C(=C)OC. The summed E-state index contributed by atoms with van der Waals surface area (Å²) in [5, 5.41) is 0. The van der Waals surface area contributed by atoms with E-state index < -0.39 is 0 Å². The number of rotatable bonds is 3. The Balaban J connectivity index is 3.71. The summed E-state index contributed by atoms with van der Waals surface area (Å²) in [5.41, 5.74) is 0. The molecule has 1 nitrogen and oxygen atoms in total. The minimum Gasteiger partial charge on any atom is -0.497 e. The maximum atomic E-state index is 4.76. The van der Waals surface area contributed by atoms with Gasteiger partial charge < -0.3 is 4.74 Å². The number of methoxy groups -OCH3 is 1. The number of allylic oxidation sites excluding steroid dienone is 3. The summed E-state index contributed by atoms with van der Waals surface area (Å²) >= 11 is 3.15. The molecular weight excluding hydrogens is 180 g/mol. The Bertz CT molecular complexity index is 147. The molecule has 0 heterocycles. The van der Waals surface area contributed by atoms with Crippen molar-refractivity contribution < 1.29 is 4.74 Å². The summed E-state index contributed by atoms with van der Waals surface area (Å²) in [7, 11) is 1.57. The largest absolute Gasteiger partial charge is 0.497 e. The lowest BCUT2D eigenvalue weighted by Crippen LogP contribution is -1.75. The minimum atomic E-state index is 0.621. The van der Waals surface area contributed by atoms with Crippen LogP contribution in [0.3, 0.4) is 0 Å². The molecule has 0 amide bonds. The lowest BCUT2D eigenvalue weighted by atomic mass is 10.4. The monoisotopic (exact) mass is 188 g/mol. The van der Waals surface area contributed by atoms with Crippen molar-refractivity contribution in [2.24, 2.45) is 0 Å². The van der Waals surface area contributed by atoms with Crippen LogP contribution in [-0.2, 0) is 4.74 Å². The maximum absolute atomic E-state index is 4.76. The molecule has 50 valence electrons. The van der Waals surface area contributed by atoms with Crippen LogP contribution < -0.4 is 0 Å². The van der Waals surface area contributed by atoms with E-state index in [9.17, 15) is 0 Å². The summed E-state index contributed by atoms with van der Waals surface area (Å²) in [6.07, 6.45) is 3.50. The van der Waals surface area contributed by atoms with Gasteiger partial charge in [-0.05, 0) is 12.2 Å². The summed E-state index contributed by atoms with van der Waals surface area (Å²) in [5.74, 6) is 0.621. The van der Waals surface area contributed by atoms with E-state index in [1.165, 1.54) is 0 Å². The van der Waals surface area contributed by atoms with Gasteiger partial charge >= 0.3 is 0 Å². The molecule has 0 aliphatic carbocycles. The van der Waals surface area contributed by atoms with Crippen molar-refractivity contribution in [1.82, 2.24) is 0 Å². The summed E-state index contributed by atoms with van der Waals surface area (Å²) in [6, 6.07) is 0.